The average Bonchev–Trinajstić information content (AvgIpc) is 3.02. The highest BCUT2D eigenvalue weighted by Gasteiger charge is 2.26. The Morgan fingerprint density at radius 1 is 0.825 bits per heavy atom. The summed E-state index contributed by atoms with van der Waals surface area (Å²) in [4.78, 5) is 29.5. The second-order valence-electron chi connectivity index (χ2n) is 9.88. The highest BCUT2D eigenvalue weighted by molar-refractivity contribution is 6.07. The minimum Gasteiger partial charge on any atom is -0.497 e. The van der Waals surface area contributed by atoms with Gasteiger partial charge in [-0.05, 0) is 52.2 Å². The SMILES string of the molecule is COC(=O)c1ccc(COC(CN2CCN(C(=O)c3cccc4ccccc34)CC2)c2cccc(OC)c2)cc1. The van der Waals surface area contributed by atoms with Crippen LogP contribution in [0.2, 0.25) is 0 Å². The Balaban J connectivity index is 1.25. The van der Waals surface area contributed by atoms with E-state index in [2.05, 4.69) is 4.90 Å². The number of carbonyl (C=O) groups excluding carboxylic acids is 2. The van der Waals surface area contributed by atoms with Gasteiger partial charge in [-0.3, -0.25) is 9.69 Å². The average molecular weight is 539 g/mol. The van der Waals surface area contributed by atoms with Gasteiger partial charge < -0.3 is 19.1 Å². The zero-order valence-corrected chi connectivity index (χ0v) is 22.9. The van der Waals surface area contributed by atoms with E-state index in [1.54, 1.807) is 19.2 Å². The van der Waals surface area contributed by atoms with Crippen LogP contribution < -0.4 is 4.74 Å². The highest BCUT2D eigenvalue weighted by atomic mass is 16.5. The van der Waals surface area contributed by atoms with Crippen LogP contribution in [0.3, 0.4) is 0 Å². The van der Waals surface area contributed by atoms with Crippen molar-refractivity contribution < 1.29 is 23.8 Å². The number of amides is 1. The smallest absolute Gasteiger partial charge is 0.337 e. The van der Waals surface area contributed by atoms with Crippen molar-refractivity contribution in [2.24, 2.45) is 0 Å². The number of fused-ring (bicyclic) bond motifs is 1. The molecule has 1 heterocycles. The van der Waals surface area contributed by atoms with E-state index in [9.17, 15) is 9.59 Å². The van der Waals surface area contributed by atoms with Crippen molar-refractivity contribution in [3.63, 3.8) is 0 Å². The molecule has 0 aliphatic carbocycles. The summed E-state index contributed by atoms with van der Waals surface area (Å²) < 4.78 is 16.7. The van der Waals surface area contributed by atoms with Crippen LogP contribution >= 0.6 is 0 Å². The summed E-state index contributed by atoms with van der Waals surface area (Å²) in [6, 6.07) is 29.1. The van der Waals surface area contributed by atoms with Gasteiger partial charge in [-0.2, -0.15) is 0 Å². The molecule has 1 atom stereocenters. The van der Waals surface area contributed by atoms with Crippen LogP contribution in [0.5, 0.6) is 5.75 Å². The Morgan fingerprint density at radius 3 is 2.30 bits per heavy atom. The Kier molecular flexibility index (Phi) is 8.74. The zero-order chi connectivity index (χ0) is 27.9. The first-order valence-electron chi connectivity index (χ1n) is 13.5. The third kappa shape index (κ3) is 6.33. The lowest BCUT2D eigenvalue weighted by Gasteiger charge is -2.36. The van der Waals surface area contributed by atoms with Gasteiger partial charge in [0.2, 0.25) is 0 Å². The predicted molar refractivity (Wildman–Crippen MR) is 155 cm³/mol. The van der Waals surface area contributed by atoms with Crippen molar-refractivity contribution in [1.82, 2.24) is 9.80 Å². The number of hydrogen-bond donors (Lipinski definition) is 0. The number of ether oxygens (including phenoxy) is 3. The van der Waals surface area contributed by atoms with Crippen molar-refractivity contribution >= 4 is 22.6 Å². The molecule has 4 aromatic carbocycles. The van der Waals surface area contributed by atoms with E-state index in [4.69, 9.17) is 14.2 Å². The van der Waals surface area contributed by atoms with Crippen molar-refractivity contribution in [3.8, 4) is 5.75 Å². The summed E-state index contributed by atoms with van der Waals surface area (Å²) >= 11 is 0. The molecule has 5 rings (SSSR count). The summed E-state index contributed by atoms with van der Waals surface area (Å²) in [6.07, 6.45) is -0.198. The van der Waals surface area contributed by atoms with Crippen LogP contribution in [0.4, 0.5) is 0 Å². The molecule has 40 heavy (non-hydrogen) atoms. The number of nitrogens with zero attached hydrogens (tertiary/aromatic N) is 2. The largest absolute Gasteiger partial charge is 0.497 e. The van der Waals surface area contributed by atoms with Crippen LogP contribution in [-0.2, 0) is 16.1 Å². The van der Waals surface area contributed by atoms with E-state index in [1.165, 1.54) is 7.11 Å². The molecule has 1 aliphatic rings. The van der Waals surface area contributed by atoms with Crippen molar-refractivity contribution in [2.45, 2.75) is 12.7 Å². The number of rotatable bonds is 9. The number of esters is 1. The fourth-order valence-electron chi connectivity index (χ4n) is 5.10. The fraction of sp³-hybridized carbons (Fsp3) is 0.273. The van der Waals surface area contributed by atoms with Crippen molar-refractivity contribution in [2.75, 3.05) is 46.9 Å². The topological polar surface area (TPSA) is 68.3 Å². The fourth-order valence-corrected chi connectivity index (χ4v) is 5.10. The molecule has 1 amide bonds. The van der Waals surface area contributed by atoms with E-state index < -0.39 is 0 Å². The van der Waals surface area contributed by atoms with Gasteiger partial charge in [0.1, 0.15) is 5.75 Å². The third-order valence-electron chi connectivity index (χ3n) is 7.40. The van der Waals surface area contributed by atoms with E-state index in [0.717, 1.165) is 46.3 Å². The molecule has 0 saturated carbocycles. The number of piperazine rings is 1. The summed E-state index contributed by atoms with van der Waals surface area (Å²) in [6.45, 7) is 3.90. The second kappa shape index (κ2) is 12.8. The normalized spacial score (nSPS) is 14.6. The lowest BCUT2D eigenvalue weighted by atomic mass is 10.0. The molecule has 0 radical (unpaired) electrons. The molecule has 7 nitrogen and oxygen atoms in total. The number of benzene rings is 4. The van der Waals surface area contributed by atoms with Gasteiger partial charge >= 0.3 is 5.97 Å². The van der Waals surface area contributed by atoms with E-state index in [0.29, 0.717) is 31.8 Å². The molecule has 1 unspecified atom stereocenters. The number of hydrogen-bond acceptors (Lipinski definition) is 6. The monoisotopic (exact) mass is 538 g/mol. The molecule has 0 N–H and O–H groups in total. The molecule has 7 heteroatoms. The quantitative estimate of drug-likeness (QED) is 0.268. The summed E-state index contributed by atoms with van der Waals surface area (Å²) in [5, 5.41) is 2.06. The number of carbonyl (C=O) groups is 2. The molecular weight excluding hydrogens is 504 g/mol. The maximum Gasteiger partial charge on any atom is 0.337 e. The van der Waals surface area contributed by atoms with E-state index in [-0.39, 0.29) is 18.0 Å². The molecule has 4 aromatic rings. The van der Waals surface area contributed by atoms with Gasteiger partial charge in [0.15, 0.2) is 0 Å². The van der Waals surface area contributed by atoms with Crippen molar-refractivity contribution in [1.29, 1.82) is 0 Å². The maximum atomic E-state index is 13.4. The van der Waals surface area contributed by atoms with E-state index >= 15 is 0 Å². The molecule has 1 fully saturated rings. The maximum absolute atomic E-state index is 13.4. The molecular formula is C33H34N2O5. The molecule has 0 spiro atoms. The molecule has 0 aromatic heterocycles. The Labute approximate surface area is 234 Å². The van der Waals surface area contributed by atoms with Gasteiger partial charge in [-0.1, -0.05) is 60.7 Å². The standard InChI is InChI=1S/C33H34N2O5/c1-38-28-10-5-9-27(21-28)31(40-23-24-13-15-26(16-14-24)33(37)39-2)22-34-17-19-35(20-18-34)32(36)30-12-6-8-25-7-3-4-11-29(25)30/h3-16,21,31H,17-20,22-23H2,1-2H3. The molecule has 1 saturated heterocycles. The lowest BCUT2D eigenvalue weighted by Crippen LogP contribution is -2.49. The zero-order valence-electron chi connectivity index (χ0n) is 22.9. The van der Waals surface area contributed by atoms with Crippen LogP contribution in [0.15, 0.2) is 91.0 Å². The molecule has 0 bridgehead atoms. The number of methoxy groups -OCH3 is 2. The van der Waals surface area contributed by atoms with Crippen molar-refractivity contribution in [3.05, 3.63) is 113 Å². The minimum absolute atomic E-state index is 0.0763. The first kappa shape index (κ1) is 27.4. The van der Waals surface area contributed by atoms with Gasteiger partial charge in [0.05, 0.1) is 32.5 Å². The molecule has 206 valence electrons. The Hall–Kier alpha value is -4.20. The van der Waals surface area contributed by atoms with Gasteiger partial charge in [0, 0.05) is 38.3 Å². The van der Waals surface area contributed by atoms with Crippen LogP contribution in [0.1, 0.15) is 37.9 Å². The van der Waals surface area contributed by atoms with Crippen LogP contribution in [0.25, 0.3) is 10.8 Å². The first-order valence-corrected chi connectivity index (χ1v) is 13.5. The summed E-state index contributed by atoms with van der Waals surface area (Å²) in [5.74, 6) is 0.492. The highest BCUT2D eigenvalue weighted by Crippen LogP contribution is 2.26. The van der Waals surface area contributed by atoms with Gasteiger partial charge in [0.25, 0.3) is 5.91 Å². The molecule has 1 aliphatic heterocycles. The summed E-state index contributed by atoms with van der Waals surface area (Å²) in [5.41, 5.74) is 3.25. The first-order chi connectivity index (χ1) is 19.6. The van der Waals surface area contributed by atoms with Gasteiger partial charge in [-0.15, -0.1) is 0 Å². The predicted octanol–water partition coefficient (Wildman–Crippen LogP) is 5.35. The second-order valence-corrected chi connectivity index (χ2v) is 9.88. The third-order valence-corrected chi connectivity index (χ3v) is 7.40. The van der Waals surface area contributed by atoms with E-state index in [1.807, 2.05) is 83.8 Å². The Bertz CT molecular complexity index is 1460. The summed E-state index contributed by atoms with van der Waals surface area (Å²) in [7, 11) is 3.03. The van der Waals surface area contributed by atoms with Crippen LogP contribution in [-0.4, -0.2) is 68.6 Å². The lowest BCUT2D eigenvalue weighted by molar-refractivity contribution is 0.00333. The van der Waals surface area contributed by atoms with Gasteiger partial charge in [-0.25, -0.2) is 4.79 Å². The Morgan fingerprint density at radius 2 is 1.55 bits per heavy atom. The minimum atomic E-state index is -0.361. The van der Waals surface area contributed by atoms with Crippen LogP contribution in [0, 0.1) is 0 Å².